The molecule has 4 aliphatic rings. The van der Waals surface area contributed by atoms with Crippen LogP contribution in [0.15, 0.2) is 30.6 Å². The van der Waals surface area contributed by atoms with E-state index >= 15 is 0 Å². The summed E-state index contributed by atoms with van der Waals surface area (Å²) in [5.74, 6) is 0.0569. The van der Waals surface area contributed by atoms with Gasteiger partial charge < -0.3 is 10.6 Å². The van der Waals surface area contributed by atoms with Gasteiger partial charge in [0, 0.05) is 23.0 Å². The number of amides is 2. The number of rotatable bonds is 4. The molecule has 4 aliphatic carbocycles. The zero-order valence-corrected chi connectivity index (χ0v) is 16.8. The third kappa shape index (κ3) is 3.44. The number of hydrogen-bond acceptors (Lipinski definition) is 5. The molecule has 6 rings (SSSR count). The first-order valence-corrected chi connectivity index (χ1v) is 10.4. The molecule has 2 heterocycles. The van der Waals surface area contributed by atoms with Crippen molar-refractivity contribution in [3.8, 4) is 0 Å². The molecule has 30 heavy (non-hydrogen) atoms. The number of carbonyl (C=O) groups excluding carboxylic acids is 2. The molecule has 4 saturated carbocycles. The van der Waals surface area contributed by atoms with Crippen molar-refractivity contribution in [3.63, 3.8) is 0 Å². The lowest BCUT2D eigenvalue weighted by Gasteiger charge is -2.62. The maximum atomic E-state index is 13.2. The van der Waals surface area contributed by atoms with Gasteiger partial charge in [0.15, 0.2) is 0 Å². The highest BCUT2D eigenvalue weighted by Crippen LogP contribution is 2.57. The molecule has 156 valence electrons. The molecule has 2 atom stereocenters. The Morgan fingerprint density at radius 3 is 2.27 bits per heavy atom. The number of aromatic nitrogens is 3. The van der Waals surface area contributed by atoms with Gasteiger partial charge in [0.1, 0.15) is 11.5 Å². The van der Waals surface area contributed by atoms with Gasteiger partial charge in [-0.15, -0.1) is 0 Å². The Balaban J connectivity index is 1.37. The Morgan fingerprint density at radius 1 is 1.00 bits per heavy atom. The smallest absolute Gasteiger partial charge is 0.289 e. The quantitative estimate of drug-likeness (QED) is 0.809. The molecule has 0 saturated heterocycles. The van der Waals surface area contributed by atoms with Crippen LogP contribution in [0, 0.1) is 24.6 Å². The fraction of sp³-hybridized carbons (Fsp3) is 0.500. The molecule has 2 N–H and O–H groups in total. The topological polar surface area (TPSA) is 96.9 Å². The molecule has 2 aromatic heterocycles. The van der Waals surface area contributed by atoms with E-state index in [0.29, 0.717) is 18.3 Å². The van der Waals surface area contributed by atoms with Crippen molar-refractivity contribution >= 4 is 11.8 Å². The molecule has 0 aromatic carbocycles. The standard InChI is InChI=1S/C22H24FN5O2/c1-13-4-5-24-18(26-13)20(30)28-22-9-14-6-15(10-22)8-21(7-14,12-22)27-19(29)17-3-2-16(23)11-25-17/h2-5,11,14-15H,6-10,12H2,1H3,(H,27,29)(H,28,30). The number of aryl methyl sites for hydroxylation is 1. The van der Waals surface area contributed by atoms with Crippen LogP contribution in [0.25, 0.3) is 0 Å². The van der Waals surface area contributed by atoms with E-state index in [9.17, 15) is 14.0 Å². The van der Waals surface area contributed by atoms with Crippen LogP contribution in [0.1, 0.15) is 65.3 Å². The van der Waals surface area contributed by atoms with Crippen molar-refractivity contribution in [1.82, 2.24) is 25.6 Å². The third-order valence-electron chi connectivity index (χ3n) is 6.78. The monoisotopic (exact) mass is 409 g/mol. The van der Waals surface area contributed by atoms with E-state index in [1.807, 2.05) is 6.92 Å². The SMILES string of the molecule is Cc1ccnc(C(=O)NC23CC4CC(CC(NC(=O)c5ccc(F)cn5)(C4)C2)C3)n1. The lowest BCUT2D eigenvalue weighted by atomic mass is 9.50. The Labute approximate surface area is 173 Å². The van der Waals surface area contributed by atoms with Crippen molar-refractivity contribution in [3.05, 3.63) is 53.6 Å². The summed E-state index contributed by atoms with van der Waals surface area (Å²) in [7, 11) is 0. The molecule has 2 unspecified atom stereocenters. The van der Waals surface area contributed by atoms with Crippen molar-refractivity contribution < 1.29 is 14.0 Å². The summed E-state index contributed by atoms with van der Waals surface area (Å²) in [5, 5.41) is 6.43. The van der Waals surface area contributed by atoms with E-state index in [4.69, 9.17) is 0 Å². The number of hydrogen-bond donors (Lipinski definition) is 2. The molecule has 4 bridgehead atoms. The van der Waals surface area contributed by atoms with E-state index in [1.54, 1.807) is 12.3 Å². The minimum Gasteiger partial charge on any atom is -0.345 e. The summed E-state index contributed by atoms with van der Waals surface area (Å²) in [6.07, 6.45) is 8.07. The first-order valence-electron chi connectivity index (χ1n) is 10.4. The van der Waals surface area contributed by atoms with E-state index in [1.165, 1.54) is 12.1 Å². The average molecular weight is 409 g/mol. The van der Waals surface area contributed by atoms with Crippen molar-refractivity contribution in [1.29, 1.82) is 0 Å². The highest BCUT2D eigenvalue weighted by molar-refractivity contribution is 5.93. The van der Waals surface area contributed by atoms with Crippen LogP contribution in [-0.2, 0) is 0 Å². The lowest BCUT2D eigenvalue weighted by Crippen LogP contribution is -2.70. The van der Waals surface area contributed by atoms with E-state index in [-0.39, 0.29) is 34.4 Å². The summed E-state index contributed by atoms with van der Waals surface area (Å²) in [6, 6.07) is 4.40. The Kier molecular flexibility index (Phi) is 4.34. The van der Waals surface area contributed by atoms with Gasteiger partial charge in [-0.25, -0.2) is 19.3 Å². The fourth-order valence-corrected chi connectivity index (χ4v) is 6.23. The minimum absolute atomic E-state index is 0.180. The molecular weight excluding hydrogens is 385 g/mol. The van der Waals surface area contributed by atoms with Crippen molar-refractivity contribution in [2.45, 2.75) is 56.5 Å². The van der Waals surface area contributed by atoms with E-state index in [0.717, 1.165) is 44.0 Å². The summed E-state index contributed by atoms with van der Waals surface area (Å²) in [5.41, 5.74) is 0.213. The fourth-order valence-electron chi connectivity index (χ4n) is 6.23. The second kappa shape index (κ2) is 6.82. The number of carbonyl (C=O) groups is 2. The number of nitrogens with zero attached hydrogens (tertiary/aromatic N) is 3. The van der Waals surface area contributed by atoms with Crippen molar-refractivity contribution in [2.75, 3.05) is 0 Å². The normalized spacial score (nSPS) is 31.4. The summed E-state index contributed by atoms with van der Waals surface area (Å²) in [6.45, 7) is 1.83. The lowest BCUT2D eigenvalue weighted by molar-refractivity contribution is -0.0449. The first kappa shape index (κ1) is 19.1. The second-order valence-corrected chi connectivity index (χ2v) is 9.31. The van der Waals surface area contributed by atoms with E-state index < -0.39 is 5.82 Å². The highest BCUT2D eigenvalue weighted by atomic mass is 19.1. The first-order chi connectivity index (χ1) is 14.3. The number of pyridine rings is 1. The van der Waals surface area contributed by atoms with Gasteiger partial charge in [0.05, 0.1) is 6.20 Å². The van der Waals surface area contributed by atoms with Crippen LogP contribution in [0.2, 0.25) is 0 Å². The van der Waals surface area contributed by atoms with Crippen LogP contribution in [0.4, 0.5) is 4.39 Å². The Hall–Kier alpha value is -2.90. The maximum absolute atomic E-state index is 13.2. The van der Waals surface area contributed by atoms with Gasteiger partial charge in [-0.1, -0.05) is 0 Å². The molecule has 0 radical (unpaired) electrons. The molecular formula is C22H24FN5O2. The van der Waals surface area contributed by atoms with Crippen molar-refractivity contribution in [2.24, 2.45) is 11.8 Å². The largest absolute Gasteiger partial charge is 0.345 e. The number of nitrogens with one attached hydrogen (secondary N) is 2. The molecule has 8 heteroatoms. The van der Waals surface area contributed by atoms with Gasteiger partial charge in [0.25, 0.3) is 11.8 Å². The summed E-state index contributed by atoms with van der Waals surface area (Å²) < 4.78 is 13.2. The Morgan fingerprint density at radius 2 is 1.67 bits per heavy atom. The van der Waals surface area contributed by atoms with E-state index in [2.05, 4.69) is 25.6 Å². The van der Waals surface area contributed by atoms with Gasteiger partial charge >= 0.3 is 0 Å². The Bertz CT molecular complexity index is 995. The second-order valence-electron chi connectivity index (χ2n) is 9.31. The zero-order valence-electron chi connectivity index (χ0n) is 16.8. The van der Waals surface area contributed by atoms with Gasteiger partial charge in [0.2, 0.25) is 5.82 Å². The third-order valence-corrected chi connectivity index (χ3v) is 6.78. The van der Waals surface area contributed by atoms with Crippen LogP contribution in [-0.4, -0.2) is 37.8 Å². The van der Waals surface area contributed by atoms with Crippen LogP contribution >= 0.6 is 0 Å². The molecule has 2 amide bonds. The predicted molar refractivity (Wildman–Crippen MR) is 106 cm³/mol. The minimum atomic E-state index is -0.471. The maximum Gasteiger partial charge on any atom is 0.289 e. The van der Waals surface area contributed by atoms with Crippen LogP contribution < -0.4 is 10.6 Å². The molecule has 0 spiro atoms. The molecule has 4 fully saturated rings. The van der Waals surface area contributed by atoms with Crippen LogP contribution in [0.3, 0.4) is 0 Å². The zero-order chi connectivity index (χ0) is 20.9. The van der Waals surface area contributed by atoms with Gasteiger partial charge in [-0.3, -0.25) is 9.59 Å². The van der Waals surface area contributed by atoms with Gasteiger partial charge in [-0.05, 0) is 75.5 Å². The van der Waals surface area contributed by atoms with Crippen LogP contribution in [0.5, 0.6) is 0 Å². The molecule has 2 aromatic rings. The average Bonchev–Trinajstić information content (AvgIpc) is 2.66. The number of halogens is 1. The highest BCUT2D eigenvalue weighted by Gasteiger charge is 2.59. The molecule has 0 aliphatic heterocycles. The van der Waals surface area contributed by atoms with Gasteiger partial charge in [-0.2, -0.15) is 0 Å². The summed E-state index contributed by atoms with van der Waals surface area (Å²) in [4.78, 5) is 38.0. The predicted octanol–water partition coefficient (Wildman–Crippen LogP) is 2.57. The molecule has 7 nitrogen and oxygen atoms in total. The summed E-state index contributed by atoms with van der Waals surface area (Å²) >= 11 is 0.